The molecule has 0 atom stereocenters. The van der Waals surface area contributed by atoms with Crippen molar-refractivity contribution in [3.05, 3.63) is 23.0 Å². The SMILES string of the molecule is COCCNC(=O)Cc1cc(C)[nH]c1C. The highest BCUT2D eigenvalue weighted by molar-refractivity contribution is 5.78. The van der Waals surface area contributed by atoms with Crippen molar-refractivity contribution in [2.45, 2.75) is 20.3 Å². The smallest absolute Gasteiger partial charge is 0.224 e. The van der Waals surface area contributed by atoms with Gasteiger partial charge >= 0.3 is 0 Å². The average Bonchev–Trinajstić information content (AvgIpc) is 2.45. The van der Waals surface area contributed by atoms with Gasteiger partial charge in [-0.25, -0.2) is 0 Å². The number of aromatic nitrogens is 1. The molecule has 0 radical (unpaired) electrons. The minimum Gasteiger partial charge on any atom is -0.383 e. The van der Waals surface area contributed by atoms with E-state index in [0.29, 0.717) is 19.6 Å². The van der Waals surface area contributed by atoms with Crippen LogP contribution < -0.4 is 5.32 Å². The van der Waals surface area contributed by atoms with Crippen molar-refractivity contribution in [3.63, 3.8) is 0 Å². The second-order valence-electron chi connectivity index (χ2n) is 3.62. The van der Waals surface area contributed by atoms with Gasteiger partial charge in [0.2, 0.25) is 5.91 Å². The van der Waals surface area contributed by atoms with Crippen molar-refractivity contribution in [1.29, 1.82) is 0 Å². The molecule has 4 heteroatoms. The second kappa shape index (κ2) is 5.56. The van der Waals surface area contributed by atoms with E-state index < -0.39 is 0 Å². The van der Waals surface area contributed by atoms with Crippen LogP contribution in [0, 0.1) is 13.8 Å². The molecule has 84 valence electrons. The third-order valence-corrected chi connectivity index (χ3v) is 2.24. The van der Waals surface area contributed by atoms with Crippen LogP contribution in [0.25, 0.3) is 0 Å². The first kappa shape index (κ1) is 11.8. The van der Waals surface area contributed by atoms with Crippen molar-refractivity contribution < 1.29 is 9.53 Å². The molecule has 0 aliphatic carbocycles. The molecule has 1 aromatic rings. The average molecular weight is 210 g/mol. The van der Waals surface area contributed by atoms with Crippen molar-refractivity contribution in [2.75, 3.05) is 20.3 Å². The Hall–Kier alpha value is -1.29. The molecule has 15 heavy (non-hydrogen) atoms. The summed E-state index contributed by atoms with van der Waals surface area (Å²) in [5.74, 6) is 0.0363. The standard InChI is InChI=1S/C11H18N2O2/c1-8-6-10(9(2)13-8)7-11(14)12-4-5-15-3/h6,13H,4-5,7H2,1-3H3,(H,12,14). The normalized spacial score (nSPS) is 10.3. The molecule has 0 aromatic carbocycles. The van der Waals surface area contributed by atoms with Gasteiger partial charge in [0, 0.05) is 25.0 Å². The van der Waals surface area contributed by atoms with Gasteiger partial charge in [0.1, 0.15) is 0 Å². The Morgan fingerprint density at radius 1 is 1.53 bits per heavy atom. The first-order valence-corrected chi connectivity index (χ1v) is 5.04. The number of H-pyrrole nitrogens is 1. The third kappa shape index (κ3) is 3.75. The van der Waals surface area contributed by atoms with E-state index in [9.17, 15) is 4.79 Å². The summed E-state index contributed by atoms with van der Waals surface area (Å²) in [6, 6.07) is 2.01. The van der Waals surface area contributed by atoms with Crippen LogP contribution in [0.3, 0.4) is 0 Å². The summed E-state index contributed by atoms with van der Waals surface area (Å²) < 4.78 is 4.85. The molecule has 0 saturated heterocycles. The van der Waals surface area contributed by atoms with Gasteiger partial charge in [-0.1, -0.05) is 0 Å². The molecule has 0 fully saturated rings. The lowest BCUT2D eigenvalue weighted by molar-refractivity contribution is -0.120. The molecular weight excluding hydrogens is 192 g/mol. The quantitative estimate of drug-likeness (QED) is 0.710. The maximum Gasteiger partial charge on any atom is 0.224 e. The predicted octanol–water partition coefficient (Wildman–Crippen LogP) is 0.937. The summed E-state index contributed by atoms with van der Waals surface area (Å²) in [4.78, 5) is 14.6. The summed E-state index contributed by atoms with van der Waals surface area (Å²) in [5.41, 5.74) is 3.21. The summed E-state index contributed by atoms with van der Waals surface area (Å²) in [6.07, 6.45) is 0.430. The van der Waals surface area contributed by atoms with Gasteiger partial charge < -0.3 is 15.0 Å². The largest absolute Gasteiger partial charge is 0.383 e. The fraction of sp³-hybridized carbons (Fsp3) is 0.545. The highest BCUT2D eigenvalue weighted by Gasteiger charge is 2.07. The van der Waals surface area contributed by atoms with E-state index >= 15 is 0 Å². The van der Waals surface area contributed by atoms with Crippen LogP contribution in [0.15, 0.2) is 6.07 Å². The van der Waals surface area contributed by atoms with Crippen LogP contribution >= 0.6 is 0 Å². The molecule has 1 heterocycles. The molecule has 0 bridgehead atoms. The molecule has 0 spiro atoms. The van der Waals surface area contributed by atoms with E-state index in [1.807, 2.05) is 19.9 Å². The topological polar surface area (TPSA) is 54.1 Å². The monoisotopic (exact) mass is 210 g/mol. The van der Waals surface area contributed by atoms with Crippen LogP contribution in [0.2, 0.25) is 0 Å². The maximum absolute atomic E-state index is 11.5. The van der Waals surface area contributed by atoms with Crippen molar-refractivity contribution >= 4 is 5.91 Å². The van der Waals surface area contributed by atoms with E-state index in [1.165, 1.54) is 0 Å². The number of methoxy groups -OCH3 is 1. The number of ether oxygens (including phenoxy) is 1. The van der Waals surface area contributed by atoms with Crippen molar-refractivity contribution in [3.8, 4) is 0 Å². The zero-order valence-electron chi connectivity index (χ0n) is 9.52. The molecule has 2 N–H and O–H groups in total. The summed E-state index contributed by atoms with van der Waals surface area (Å²) in [6.45, 7) is 5.08. The van der Waals surface area contributed by atoms with Gasteiger partial charge in [0.25, 0.3) is 0 Å². The number of hydrogen-bond acceptors (Lipinski definition) is 2. The number of aromatic amines is 1. The van der Waals surface area contributed by atoms with Gasteiger partial charge in [-0.3, -0.25) is 4.79 Å². The Bertz CT molecular complexity index is 331. The van der Waals surface area contributed by atoms with Crippen LogP contribution in [0.1, 0.15) is 17.0 Å². The molecule has 0 aliphatic heterocycles. The molecule has 1 amide bonds. The molecule has 1 rings (SSSR count). The van der Waals surface area contributed by atoms with Gasteiger partial charge in [0.05, 0.1) is 13.0 Å². The summed E-state index contributed by atoms with van der Waals surface area (Å²) in [7, 11) is 1.62. The first-order chi connectivity index (χ1) is 7.13. The van der Waals surface area contributed by atoms with Gasteiger partial charge in [-0.05, 0) is 25.5 Å². The second-order valence-corrected chi connectivity index (χ2v) is 3.62. The fourth-order valence-electron chi connectivity index (χ4n) is 1.49. The Balaban J connectivity index is 2.41. The number of amides is 1. The number of carbonyl (C=O) groups excluding carboxylic acids is 1. The first-order valence-electron chi connectivity index (χ1n) is 5.04. The minimum absolute atomic E-state index is 0.0363. The number of hydrogen-bond donors (Lipinski definition) is 2. The Morgan fingerprint density at radius 2 is 2.27 bits per heavy atom. The zero-order chi connectivity index (χ0) is 11.3. The van der Waals surface area contributed by atoms with E-state index in [0.717, 1.165) is 17.0 Å². The maximum atomic E-state index is 11.5. The zero-order valence-corrected chi connectivity index (χ0v) is 9.52. The molecular formula is C11H18N2O2. The van der Waals surface area contributed by atoms with E-state index in [1.54, 1.807) is 7.11 Å². The highest BCUT2D eigenvalue weighted by Crippen LogP contribution is 2.09. The van der Waals surface area contributed by atoms with E-state index in [2.05, 4.69) is 10.3 Å². The predicted molar refractivity (Wildman–Crippen MR) is 58.9 cm³/mol. The van der Waals surface area contributed by atoms with Crippen LogP contribution in [0.4, 0.5) is 0 Å². The summed E-state index contributed by atoms with van der Waals surface area (Å²) >= 11 is 0. The lowest BCUT2D eigenvalue weighted by Crippen LogP contribution is -2.28. The number of aryl methyl sites for hydroxylation is 2. The Kier molecular flexibility index (Phi) is 4.37. The lowest BCUT2D eigenvalue weighted by atomic mass is 10.2. The molecule has 4 nitrogen and oxygen atoms in total. The number of carbonyl (C=O) groups is 1. The Morgan fingerprint density at radius 3 is 2.80 bits per heavy atom. The van der Waals surface area contributed by atoms with Gasteiger partial charge in [-0.15, -0.1) is 0 Å². The molecule has 0 unspecified atom stereocenters. The number of nitrogens with one attached hydrogen (secondary N) is 2. The fourth-order valence-corrected chi connectivity index (χ4v) is 1.49. The minimum atomic E-state index is 0.0363. The van der Waals surface area contributed by atoms with Gasteiger partial charge in [0.15, 0.2) is 0 Å². The van der Waals surface area contributed by atoms with Crippen LogP contribution in [-0.4, -0.2) is 31.2 Å². The highest BCUT2D eigenvalue weighted by atomic mass is 16.5. The van der Waals surface area contributed by atoms with Crippen molar-refractivity contribution in [2.24, 2.45) is 0 Å². The van der Waals surface area contributed by atoms with E-state index in [-0.39, 0.29) is 5.91 Å². The number of rotatable bonds is 5. The van der Waals surface area contributed by atoms with E-state index in [4.69, 9.17) is 4.74 Å². The van der Waals surface area contributed by atoms with Gasteiger partial charge in [-0.2, -0.15) is 0 Å². The van der Waals surface area contributed by atoms with Crippen LogP contribution in [0.5, 0.6) is 0 Å². The van der Waals surface area contributed by atoms with Crippen molar-refractivity contribution in [1.82, 2.24) is 10.3 Å². The molecule has 1 aromatic heterocycles. The van der Waals surface area contributed by atoms with Crippen LogP contribution in [-0.2, 0) is 16.0 Å². The molecule has 0 aliphatic rings. The summed E-state index contributed by atoms with van der Waals surface area (Å²) in [5, 5.41) is 2.79. The molecule has 0 saturated carbocycles. The Labute approximate surface area is 90.0 Å². The third-order valence-electron chi connectivity index (χ3n) is 2.24. The lowest BCUT2D eigenvalue weighted by Gasteiger charge is -2.03.